The molecular formula is C8H14N4S. The summed E-state index contributed by atoms with van der Waals surface area (Å²) in [5.74, 6) is 0.614. The van der Waals surface area contributed by atoms with E-state index >= 15 is 0 Å². The number of nitrogens with two attached hydrogens (primary N) is 2. The molecule has 1 unspecified atom stereocenters. The van der Waals surface area contributed by atoms with E-state index < -0.39 is 0 Å². The van der Waals surface area contributed by atoms with Crippen LogP contribution in [-0.2, 0) is 0 Å². The Labute approximate surface area is 83.2 Å². The Morgan fingerprint density at radius 3 is 2.69 bits per heavy atom. The predicted octanol–water partition coefficient (Wildman–Crippen LogP) is 1.41. The summed E-state index contributed by atoms with van der Waals surface area (Å²) in [6.45, 7) is 2.09. The predicted molar refractivity (Wildman–Crippen MR) is 57.5 cm³/mol. The summed E-state index contributed by atoms with van der Waals surface area (Å²) in [6.07, 6.45) is 2.01. The van der Waals surface area contributed by atoms with Crippen LogP contribution >= 0.6 is 12.6 Å². The molecule has 0 saturated heterocycles. The van der Waals surface area contributed by atoms with Crippen LogP contribution in [-0.4, -0.2) is 9.97 Å². The molecular weight excluding hydrogens is 184 g/mol. The Morgan fingerprint density at radius 1 is 1.46 bits per heavy atom. The Hall–Kier alpha value is -0.970. The lowest BCUT2D eigenvalue weighted by Gasteiger charge is -2.09. The fourth-order valence-electron chi connectivity index (χ4n) is 1.10. The van der Waals surface area contributed by atoms with Gasteiger partial charge in [0.25, 0.3) is 0 Å². The lowest BCUT2D eigenvalue weighted by Crippen LogP contribution is -2.04. The molecule has 5 heteroatoms. The fraction of sp³-hybridized carbons (Fsp3) is 0.500. The number of nitrogens with zero attached hydrogens (tertiary/aromatic N) is 2. The molecule has 1 heterocycles. The standard InChI is InChI=1S/C8H14N4S/c1-2-3-6(13)5-4-7(9)12-8(10)11-5/h4,6,13H,2-3H2,1H3,(H4,9,10,11,12). The monoisotopic (exact) mass is 198 g/mol. The minimum atomic E-state index is 0.0950. The molecule has 72 valence electrons. The van der Waals surface area contributed by atoms with Crippen molar-refractivity contribution in [1.29, 1.82) is 0 Å². The molecule has 0 spiro atoms. The minimum absolute atomic E-state index is 0.0950. The highest BCUT2D eigenvalue weighted by Gasteiger charge is 2.08. The van der Waals surface area contributed by atoms with Gasteiger partial charge in [0.2, 0.25) is 5.95 Å². The molecule has 1 aromatic heterocycles. The van der Waals surface area contributed by atoms with Gasteiger partial charge in [0, 0.05) is 11.3 Å². The largest absolute Gasteiger partial charge is 0.384 e. The summed E-state index contributed by atoms with van der Waals surface area (Å²) in [4.78, 5) is 7.85. The van der Waals surface area contributed by atoms with Gasteiger partial charge >= 0.3 is 0 Å². The second-order valence-electron chi connectivity index (χ2n) is 2.88. The molecule has 0 saturated carbocycles. The maximum absolute atomic E-state index is 5.53. The summed E-state index contributed by atoms with van der Waals surface area (Å²) in [5, 5.41) is 0.0950. The van der Waals surface area contributed by atoms with E-state index in [4.69, 9.17) is 11.5 Å². The van der Waals surface area contributed by atoms with Crippen LogP contribution in [0.3, 0.4) is 0 Å². The number of anilines is 2. The van der Waals surface area contributed by atoms with Crippen molar-refractivity contribution in [3.05, 3.63) is 11.8 Å². The van der Waals surface area contributed by atoms with Crippen LogP contribution in [0, 0.1) is 0 Å². The molecule has 0 bridgehead atoms. The minimum Gasteiger partial charge on any atom is -0.384 e. The highest BCUT2D eigenvalue weighted by Crippen LogP contribution is 2.24. The van der Waals surface area contributed by atoms with Crippen LogP contribution in [0.1, 0.15) is 30.7 Å². The van der Waals surface area contributed by atoms with Crippen molar-refractivity contribution in [2.24, 2.45) is 0 Å². The lowest BCUT2D eigenvalue weighted by molar-refractivity contribution is 0.763. The highest BCUT2D eigenvalue weighted by atomic mass is 32.1. The van der Waals surface area contributed by atoms with Gasteiger partial charge in [0.15, 0.2) is 0 Å². The highest BCUT2D eigenvalue weighted by molar-refractivity contribution is 7.80. The van der Waals surface area contributed by atoms with Crippen molar-refractivity contribution in [3.63, 3.8) is 0 Å². The maximum atomic E-state index is 5.53. The van der Waals surface area contributed by atoms with Crippen molar-refractivity contribution < 1.29 is 0 Å². The van der Waals surface area contributed by atoms with Crippen LogP contribution in [0.5, 0.6) is 0 Å². The first kappa shape index (κ1) is 10.1. The number of aromatic nitrogens is 2. The zero-order chi connectivity index (χ0) is 9.84. The summed E-state index contributed by atoms with van der Waals surface area (Å²) >= 11 is 4.39. The molecule has 0 aliphatic carbocycles. The SMILES string of the molecule is CCCC(S)c1cc(N)nc(N)n1. The lowest BCUT2D eigenvalue weighted by atomic mass is 10.2. The van der Waals surface area contributed by atoms with Crippen LogP contribution in [0.15, 0.2) is 6.07 Å². The average molecular weight is 198 g/mol. The van der Waals surface area contributed by atoms with E-state index in [1.807, 2.05) is 0 Å². The van der Waals surface area contributed by atoms with Crippen molar-refractivity contribution in [2.45, 2.75) is 25.0 Å². The van der Waals surface area contributed by atoms with E-state index in [1.165, 1.54) is 0 Å². The van der Waals surface area contributed by atoms with E-state index in [2.05, 4.69) is 29.5 Å². The first-order chi connectivity index (χ1) is 6.13. The van der Waals surface area contributed by atoms with Crippen molar-refractivity contribution >= 4 is 24.4 Å². The number of nitrogen functional groups attached to an aromatic ring is 2. The first-order valence-corrected chi connectivity index (χ1v) is 4.73. The van der Waals surface area contributed by atoms with Crippen molar-refractivity contribution in [2.75, 3.05) is 11.5 Å². The molecule has 0 aliphatic heterocycles. The summed E-state index contributed by atoms with van der Waals surface area (Å²) in [6, 6.07) is 1.71. The Morgan fingerprint density at radius 2 is 2.15 bits per heavy atom. The van der Waals surface area contributed by atoms with Crippen LogP contribution in [0.25, 0.3) is 0 Å². The third-order valence-corrected chi connectivity index (χ3v) is 2.21. The van der Waals surface area contributed by atoms with E-state index in [-0.39, 0.29) is 11.2 Å². The number of rotatable bonds is 3. The van der Waals surface area contributed by atoms with Gasteiger partial charge in [0.1, 0.15) is 5.82 Å². The van der Waals surface area contributed by atoms with E-state index in [0.717, 1.165) is 18.5 Å². The van der Waals surface area contributed by atoms with Gasteiger partial charge in [-0.25, -0.2) is 4.98 Å². The zero-order valence-electron chi connectivity index (χ0n) is 7.57. The van der Waals surface area contributed by atoms with Crippen LogP contribution < -0.4 is 11.5 Å². The van der Waals surface area contributed by atoms with Gasteiger partial charge in [0.05, 0.1) is 5.69 Å². The Bertz CT molecular complexity index is 269. The second kappa shape index (κ2) is 4.32. The summed E-state index contributed by atoms with van der Waals surface area (Å²) < 4.78 is 0. The van der Waals surface area contributed by atoms with Gasteiger partial charge in [-0.2, -0.15) is 17.6 Å². The van der Waals surface area contributed by atoms with Gasteiger partial charge < -0.3 is 11.5 Å². The second-order valence-corrected chi connectivity index (χ2v) is 3.50. The van der Waals surface area contributed by atoms with Crippen molar-refractivity contribution in [3.8, 4) is 0 Å². The molecule has 1 atom stereocenters. The smallest absolute Gasteiger partial charge is 0.222 e. The van der Waals surface area contributed by atoms with Gasteiger partial charge in [-0.15, -0.1) is 0 Å². The van der Waals surface area contributed by atoms with Crippen LogP contribution in [0.2, 0.25) is 0 Å². The van der Waals surface area contributed by atoms with Crippen LogP contribution in [0.4, 0.5) is 11.8 Å². The molecule has 4 N–H and O–H groups in total. The van der Waals surface area contributed by atoms with Gasteiger partial charge in [-0.1, -0.05) is 13.3 Å². The number of hydrogen-bond acceptors (Lipinski definition) is 5. The molecule has 4 nitrogen and oxygen atoms in total. The third-order valence-electron chi connectivity index (χ3n) is 1.69. The van der Waals surface area contributed by atoms with Crippen molar-refractivity contribution in [1.82, 2.24) is 9.97 Å². The fourth-order valence-corrected chi connectivity index (χ4v) is 1.49. The molecule has 1 aromatic rings. The van der Waals surface area contributed by atoms with Gasteiger partial charge in [-0.3, -0.25) is 0 Å². The molecule has 0 radical (unpaired) electrons. The number of thiol groups is 1. The Balaban J connectivity index is 2.87. The van der Waals surface area contributed by atoms with E-state index in [9.17, 15) is 0 Å². The molecule has 0 aromatic carbocycles. The normalized spacial score (nSPS) is 12.8. The topological polar surface area (TPSA) is 77.8 Å². The quantitative estimate of drug-likeness (QED) is 0.642. The third kappa shape index (κ3) is 2.77. The first-order valence-electron chi connectivity index (χ1n) is 4.21. The molecule has 0 fully saturated rings. The molecule has 0 amide bonds. The number of hydrogen-bond donors (Lipinski definition) is 3. The zero-order valence-corrected chi connectivity index (χ0v) is 8.46. The summed E-state index contributed by atoms with van der Waals surface area (Å²) in [7, 11) is 0. The summed E-state index contributed by atoms with van der Waals surface area (Å²) in [5.41, 5.74) is 11.8. The Kier molecular flexibility index (Phi) is 3.36. The molecule has 1 rings (SSSR count). The van der Waals surface area contributed by atoms with Gasteiger partial charge in [-0.05, 0) is 6.42 Å². The van der Waals surface area contributed by atoms with E-state index in [1.54, 1.807) is 6.07 Å². The average Bonchev–Trinajstić information content (AvgIpc) is 2.03. The molecule has 0 aliphatic rings. The van der Waals surface area contributed by atoms with E-state index in [0.29, 0.717) is 5.82 Å². The molecule has 13 heavy (non-hydrogen) atoms. The maximum Gasteiger partial charge on any atom is 0.222 e.